The van der Waals surface area contributed by atoms with Crippen molar-refractivity contribution in [3.63, 3.8) is 0 Å². The Morgan fingerprint density at radius 1 is 1.23 bits per heavy atom. The van der Waals surface area contributed by atoms with Crippen molar-refractivity contribution in [1.29, 1.82) is 0 Å². The van der Waals surface area contributed by atoms with E-state index >= 15 is 0 Å². The van der Waals surface area contributed by atoms with E-state index in [0.29, 0.717) is 17.8 Å². The lowest BCUT2D eigenvalue weighted by molar-refractivity contribution is -0.163. The highest BCUT2D eigenvalue weighted by Gasteiger charge is 2.54. The van der Waals surface area contributed by atoms with Gasteiger partial charge in [-0.2, -0.15) is 8.42 Å². The van der Waals surface area contributed by atoms with Gasteiger partial charge in [0.1, 0.15) is 0 Å². The van der Waals surface area contributed by atoms with E-state index in [1.807, 2.05) is 0 Å². The van der Waals surface area contributed by atoms with Gasteiger partial charge in [0, 0.05) is 11.8 Å². The molecule has 0 aromatic rings. The lowest BCUT2D eigenvalue weighted by Gasteiger charge is -2.56. The lowest BCUT2D eigenvalue weighted by Crippen LogP contribution is -2.50. The average Bonchev–Trinajstić information content (AvgIpc) is 2.41. The molecule has 4 rings (SSSR count). The summed E-state index contributed by atoms with van der Waals surface area (Å²) in [7, 11) is -5.13. The Hall–Kier alpha value is -0.690. The molecule has 4 aliphatic carbocycles. The van der Waals surface area contributed by atoms with Crippen LogP contribution in [0.5, 0.6) is 0 Å². The number of rotatable bonds is 5. The molecule has 4 fully saturated rings. The fourth-order valence-corrected chi connectivity index (χ4v) is 5.86. The summed E-state index contributed by atoms with van der Waals surface area (Å²) in [4.78, 5) is 11.9. The molecular formula is C15H23FO5S. The molecule has 4 bridgehead atoms. The van der Waals surface area contributed by atoms with Crippen molar-refractivity contribution in [2.45, 2.75) is 56.9 Å². The highest BCUT2D eigenvalue weighted by Crippen LogP contribution is 2.60. The summed E-state index contributed by atoms with van der Waals surface area (Å²) in [6, 6.07) is 0. The summed E-state index contributed by atoms with van der Waals surface area (Å²) in [6.07, 6.45) is 5.98. The van der Waals surface area contributed by atoms with Crippen LogP contribution in [0.25, 0.3) is 0 Å². The molecule has 1 atom stereocenters. The van der Waals surface area contributed by atoms with Crippen LogP contribution in [0.15, 0.2) is 0 Å². The fraction of sp³-hybridized carbons (Fsp3) is 0.933. The second-order valence-corrected chi connectivity index (χ2v) is 9.15. The van der Waals surface area contributed by atoms with Crippen molar-refractivity contribution in [1.82, 2.24) is 0 Å². The molecule has 0 saturated heterocycles. The van der Waals surface area contributed by atoms with Crippen molar-refractivity contribution in [3.05, 3.63) is 0 Å². The monoisotopic (exact) mass is 334 g/mol. The van der Waals surface area contributed by atoms with Gasteiger partial charge in [0.25, 0.3) is 0 Å². The number of halogens is 1. The Morgan fingerprint density at radius 3 is 2.05 bits per heavy atom. The van der Waals surface area contributed by atoms with Crippen molar-refractivity contribution >= 4 is 16.1 Å². The third-order valence-electron chi connectivity index (χ3n) is 5.84. The van der Waals surface area contributed by atoms with E-state index in [0.717, 1.165) is 19.3 Å². The topological polar surface area (TPSA) is 80.7 Å². The molecule has 0 amide bonds. The molecular weight excluding hydrogens is 311 g/mol. The Kier molecular flexibility index (Phi) is 3.79. The predicted molar refractivity (Wildman–Crippen MR) is 77.2 cm³/mol. The number of carbonyl (C=O) groups is 1. The molecule has 1 N–H and O–H groups in total. The minimum absolute atomic E-state index is 0.0660. The zero-order valence-corrected chi connectivity index (χ0v) is 13.6. The molecule has 7 heteroatoms. The van der Waals surface area contributed by atoms with Crippen LogP contribution < -0.4 is 0 Å². The number of hydrogen-bond donors (Lipinski definition) is 1. The van der Waals surface area contributed by atoms with Crippen LogP contribution in [-0.4, -0.2) is 30.5 Å². The van der Waals surface area contributed by atoms with Gasteiger partial charge in [-0.15, -0.1) is 0 Å². The SMILES string of the molecule is CCC(F)(C(=O)OCC12CC3CC(CC(C3)C1)C2)S(=O)(=O)O. The van der Waals surface area contributed by atoms with Gasteiger partial charge in [-0.05, 0) is 56.3 Å². The van der Waals surface area contributed by atoms with Crippen molar-refractivity contribution in [2.75, 3.05) is 6.61 Å². The van der Waals surface area contributed by atoms with E-state index in [1.54, 1.807) is 0 Å². The van der Waals surface area contributed by atoms with Crippen LogP contribution in [0.3, 0.4) is 0 Å². The second kappa shape index (κ2) is 5.16. The van der Waals surface area contributed by atoms with Gasteiger partial charge in [-0.3, -0.25) is 4.55 Å². The van der Waals surface area contributed by atoms with Gasteiger partial charge in [0.2, 0.25) is 0 Å². The molecule has 4 saturated carbocycles. The van der Waals surface area contributed by atoms with Crippen LogP contribution in [-0.2, 0) is 19.6 Å². The first-order valence-electron chi connectivity index (χ1n) is 8.01. The van der Waals surface area contributed by atoms with E-state index in [4.69, 9.17) is 9.29 Å². The number of alkyl halides is 1. The molecule has 0 aromatic carbocycles. The molecule has 22 heavy (non-hydrogen) atoms. The zero-order valence-electron chi connectivity index (χ0n) is 12.8. The summed E-state index contributed by atoms with van der Waals surface area (Å²) in [5.74, 6) is 0.502. The maximum absolute atomic E-state index is 14.3. The maximum Gasteiger partial charge on any atom is 0.362 e. The highest BCUT2D eigenvalue weighted by molar-refractivity contribution is 7.87. The largest absolute Gasteiger partial charge is 0.462 e. The quantitative estimate of drug-likeness (QED) is 0.617. The van der Waals surface area contributed by atoms with Crippen LogP contribution in [0.2, 0.25) is 0 Å². The van der Waals surface area contributed by atoms with Crippen LogP contribution >= 0.6 is 0 Å². The van der Waals surface area contributed by atoms with Gasteiger partial charge in [-0.25, -0.2) is 9.18 Å². The third-order valence-corrected chi connectivity index (χ3v) is 7.12. The van der Waals surface area contributed by atoms with E-state index in [-0.39, 0.29) is 12.0 Å². The molecule has 0 heterocycles. The first-order chi connectivity index (χ1) is 10.2. The van der Waals surface area contributed by atoms with Crippen molar-refractivity contribution < 1.29 is 26.9 Å². The fourth-order valence-electron chi connectivity index (χ4n) is 5.23. The molecule has 0 aliphatic heterocycles. The van der Waals surface area contributed by atoms with Crippen molar-refractivity contribution in [3.8, 4) is 0 Å². The van der Waals surface area contributed by atoms with Crippen LogP contribution in [0.4, 0.5) is 4.39 Å². The van der Waals surface area contributed by atoms with Gasteiger partial charge < -0.3 is 4.74 Å². The normalized spacial score (nSPS) is 39.5. The van der Waals surface area contributed by atoms with E-state index in [9.17, 15) is 17.6 Å². The molecule has 4 aliphatic rings. The van der Waals surface area contributed by atoms with Gasteiger partial charge >= 0.3 is 21.1 Å². The minimum atomic E-state index is -5.13. The maximum atomic E-state index is 14.3. The minimum Gasteiger partial charge on any atom is -0.462 e. The summed E-state index contributed by atoms with van der Waals surface area (Å²) in [5, 5.41) is -3.35. The first kappa shape index (κ1) is 16.2. The Morgan fingerprint density at radius 2 is 1.68 bits per heavy atom. The predicted octanol–water partition coefficient (Wildman–Crippen LogP) is 2.71. The molecule has 5 nitrogen and oxygen atoms in total. The highest BCUT2D eigenvalue weighted by atomic mass is 32.2. The van der Waals surface area contributed by atoms with Crippen LogP contribution in [0, 0.1) is 23.2 Å². The number of esters is 1. The molecule has 1 unspecified atom stereocenters. The Labute approximate surface area is 130 Å². The van der Waals surface area contributed by atoms with Gasteiger partial charge in [0.05, 0.1) is 6.61 Å². The summed E-state index contributed by atoms with van der Waals surface area (Å²) in [6.45, 7) is 1.26. The zero-order chi connectivity index (χ0) is 16.2. The second-order valence-electron chi connectivity index (χ2n) is 7.55. The van der Waals surface area contributed by atoms with Gasteiger partial charge in [-0.1, -0.05) is 6.92 Å². The molecule has 126 valence electrons. The first-order valence-corrected chi connectivity index (χ1v) is 9.45. The van der Waals surface area contributed by atoms with Crippen LogP contribution in [0.1, 0.15) is 51.9 Å². The Balaban J connectivity index is 1.69. The smallest absolute Gasteiger partial charge is 0.362 e. The summed E-state index contributed by atoms with van der Waals surface area (Å²) >= 11 is 0. The van der Waals surface area contributed by atoms with Crippen molar-refractivity contribution in [2.24, 2.45) is 23.2 Å². The molecule has 0 aromatic heterocycles. The van der Waals surface area contributed by atoms with Gasteiger partial charge in [0.15, 0.2) is 0 Å². The standard InChI is InChI=1S/C15H23FO5S/c1-2-15(16,22(18,19)20)13(17)21-9-14-6-10-3-11(7-14)5-12(4-10)8-14/h10-12H,2-9H2,1H3,(H,18,19,20). The summed E-state index contributed by atoms with van der Waals surface area (Å²) in [5.41, 5.74) is -0.113. The lowest BCUT2D eigenvalue weighted by atomic mass is 9.50. The Bertz CT molecular complexity index is 537. The van der Waals surface area contributed by atoms with E-state index in [1.165, 1.54) is 26.2 Å². The van der Waals surface area contributed by atoms with E-state index < -0.39 is 27.5 Å². The number of carbonyl (C=O) groups excluding carboxylic acids is 1. The molecule has 0 spiro atoms. The summed E-state index contributed by atoms with van der Waals surface area (Å²) < 4.78 is 50.5. The van der Waals surface area contributed by atoms with E-state index in [2.05, 4.69) is 0 Å². The number of ether oxygens (including phenoxy) is 1. The average molecular weight is 334 g/mol. The molecule has 0 radical (unpaired) electrons. The number of hydrogen-bond acceptors (Lipinski definition) is 4. The third kappa shape index (κ3) is 2.56.